The maximum absolute atomic E-state index is 12.5. The molecule has 0 fully saturated rings. The Kier molecular flexibility index (Phi) is 3.84. The van der Waals surface area contributed by atoms with Crippen molar-refractivity contribution in [3.63, 3.8) is 0 Å². The highest BCUT2D eigenvalue weighted by Crippen LogP contribution is 2.29. The molecule has 2 aromatic rings. The molecule has 1 aliphatic rings. The van der Waals surface area contributed by atoms with Crippen molar-refractivity contribution in [2.75, 3.05) is 18.8 Å². The van der Waals surface area contributed by atoms with Crippen LogP contribution in [0.3, 0.4) is 0 Å². The molecule has 0 atom stereocenters. The van der Waals surface area contributed by atoms with Crippen LogP contribution in [0.1, 0.15) is 12.0 Å². The molecule has 1 aliphatic heterocycles. The first kappa shape index (κ1) is 14.3. The van der Waals surface area contributed by atoms with Gasteiger partial charge in [-0.25, -0.2) is 8.42 Å². The molecule has 1 aromatic carbocycles. The Morgan fingerprint density at radius 3 is 2.52 bits per heavy atom. The zero-order valence-electron chi connectivity index (χ0n) is 11.4. The van der Waals surface area contributed by atoms with Crippen molar-refractivity contribution < 1.29 is 8.42 Å². The lowest BCUT2D eigenvalue weighted by molar-refractivity contribution is 0.442. The molecule has 2 N–H and O–H groups in total. The van der Waals surface area contributed by atoms with Crippen molar-refractivity contribution in [1.29, 1.82) is 0 Å². The molecule has 110 valence electrons. The number of sulfonamides is 1. The smallest absolute Gasteiger partial charge is 0.252 e. The second kappa shape index (κ2) is 5.63. The predicted molar refractivity (Wildman–Crippen MR) is 86.5 cm³/mol. The van der Waals surface area contributed by atoms with Crippen molar-refractivity contribution in [2.45, 2.75) is 10.6 Å². The fraction of sp³-hybridized carbons (Fsp3) is 0.200. The van der Waals surface area contributed by atoms with Gasteiger partial charge >= 0.3 is 0 Å². The van der Waals surface area contributed by atoms with Gasteiger partial charge in [0.1, 0.15) is 4.21 Å². The summed E-state index contributed by atoms with van der Waals surface area (Å²) in [6.45, 7) is 0.908. The van der Waals surface area contributed by atoms with Crippen LogP contribution in [0.15, 0.2) is 52.1 Å². The van der Waals surface area contributed by atoms with Gasteiger partial charge in [-0.3, -0.25) is 0 Å². The third kappa shape index (κ3) is 2.88. The number of rotatable bonds is 3. The number of benzene rings is 1. The van der Waals surface area contributed by atoms with Crippen LogP contribution < -0.4 is 5.73 Å². The summed E-state index contributed by atoms with van der Waals surface area (Å²) in [5.74, 6) is 0. The fourth-order valence-corrected chi connectivity index (χ4v) is 4.99. The molecule has 0 unspecified atom stereocenters. The lowest BCUT2D eigenvalue weighted by Gasteiger charge is -2.25. The van der Waals surface area contributed by atoms with Gasteiger partial charge in [-0.15, -0.1) is 11.3 Å². The SMILES string of the molecule is Nc1csc(S(=O)(=O)N2CC=C(c3ccccc3)CC2)c1. The molecule has 0 aliphatic carbocycles. The van der Waals surface area contributed by atoms with E-state index in [-0.39, 0.29) is 0 Å². The maximum atomic E-state index is 12.5. The van der Waals surface area contributed by atoms with Gasteiger partial charge in [0.2, 0.25) is 0 Å². The zero-order chi connectivity index (χ0) is 14.9. The van der Waals surface area contributed by atoms with Crippen LogP contribution in [0.2, 0.25) is 0 Å². The summed E-state index contributed by atoms with van der Waals surface area (Å²) < 4.78 is 26.8. The second-order valence-corrected chi connectivity index (χ2v) is 7.98. The summed E-state index contributed by atoms with van der Waals surface area (Å²) in [7, 11) is -3.42. The third-order valence-electron chi connectivity index (χ3n) is 3.51. The van der Waals surface area contributed by atoms with Crippen LogP contribution in [0.5, 0.6) is 0 Å². The van der Waals surface area contributed by atoms with E-state index in [1.807, 2.05) is 24.3 Å². The molecule has 0 spiro atoms. The average Bonchev–Trinajstić information content (AvgIpc) is 2.96. The molecular weight excluding hydrogens is 304 g/mol. The minimum atomic E-state index is -3.42. The topological polar surface area (TPSA) is 63.4 Å². The molecule has 3 rings (SSSR count). The largest absolute Gasteiger partial charge is 0.398 e. The van der Waals surface area contributed by atoms with E-state index in [1.165, 1.54) is 27.3 Å². The van der Waals surface area contributed by atoms with Crippen LogP contribution in [0.4, 0.5) is 5.69 Å². The minimum Gasteiger partial charge on any atom is -0.398 e. The number of thiophene rings is 1. The van der Waals surface area contributed by atoms with E-state index in [0.29, 0.717) is 23.0 Å². The molecule has 0 bridgehead atoms. The average molecular weight is 320 g/mol. The van der Waals surface area contributed by atoms with Gasteiger partial charge in [0.15, 0.2) is 0 Å². The van der Waals surface area contributed by atoms with Crippen molar-refractivity contribution >= 4 is 32.6 Å². The first-order valence-electron chi connectivity index (χ1n) is 6.66. The highest BCUT2D eigenvalue weighted by molar-refractivity contribution is 7.91. The first-order valence-corrected chi connectivity index (χ1v) is 8.98. The van der Waals surface area contributed by atoms with Crippen LogP contribution in [0.25, 0.3) is 5.57 Å². The van der Waals surface area contributed by atoms with E-state index >= 15 is 0 Å². The Bertz CT molecular complexity index is 764. The zero-order valence-corrected chi connectivity index (χ0v) is 13.0. The number of nitrogens with two attached hydrogens (primary N) is 1. The maximum Gasteiger partial charge on any atom is 0.252 e. The summed E-state index contributed by atoms with van der Waals surface area (Å²) in [4.78, 5) is 0. The Morgan fingerprint density at radius 1 is 1.19 bits per heavy atom. The van der Waals surface area contributed by atoms with Crippen molar-refractivity contribution in [2.24, 2.45) is 0 Å². The lowest BCUT2D eigenvalue weighted by Crippen LogP contribution is -2.34. The van der Waals surface area contributed by atoms with Crippen LogP contribution in [-0.4, -0.2) is 25.8 Å². The van der Waals surface area contributed by atoms with Crippen molar-refractivity contribution in [1.82, 2.24) is 4.31 Å². The summed E-state index contributed by atoms with van der Waals surface area (Å²) in [5, 5.41) is 1.65. The van der Waals surface area contributed by atoms with Crippen LogP contribution in [-0.2, 0) is 10.0 Å². The van der Waals surface area contributed by atoms with E-state index in [2.05, 4.69) is 12.1 Å². The van der Waals surface area contributed by atoms with Gasteiger partial charge < -0.3 is 5.73 Å². The van der Waals surface area contributed by atoms with E-state index in [4.69, 9.17) is 5.73 Å². The van der Waals surface area contributed by atoms with E-state index in [9.17, 15) is 8.42 Å². The standard InChI is InChI=1S/C15H16N2O2S2/c16-14-10-15(20-11-14)21(18,19)17-8-6-13(7-9-17)12-4-2-1-3-5-12/h1-6,10-11H,7-9,16H2. The molecular formula is C15H16N2O2S2. The highest BCUT2D eigenvalue weighted by Gasteiger charge is 2.27. The predicted octanol–water partition coefficient (Wildman–Crippen LogP) is 2.81. The molecule has 1 aromatic heterocycles. The number of anilines is 1. The van der Waals surface area contributed by atoms with Gasteiger partial charge in [-0.2, -0.15) is 4.31 Å². The van der Waals surface area contributed by atoms with E-state index < -0.39 is 10.0 Å². The van der Waals surface area contributed by atoms with E-state index in [1.54, 1.807) is 5.38 Å². The molecule has 0 amide bonds. The number of nitrogen functional groups attached to an aromatic ring is 1. The van der Waals surface area contributed by atoms with Crippen LogP contribution in [0, 0.1) is 0 Å². The molecule has 0 saturated heterocycles. The Labute approximate surface area is 128 Å². The van der Waals surface area contributed by atoms with Crippen LogP contribution >= 0.6 is 11.3 Å². The number of hydrogen-bond donors (Lipinski definition) is 1. The molecule has 4 nitrogen and oxygen atoms in total. The summed E-state index contributed by atoms with van der Waals surface area (Å²) in [6.07, 6.45) is 2.72. The number of hydrogen-bond acceptors (Lipinski definition) is 4. The minimum absolute atomic E-state index is 0.316. The normalized spacial score (nSPS) is 16.7. The summed E-state index contributed by atoms with van der Waals surface area (Å²) in [6, 6.07) is 11.6. The van der Waals surface area contributed by atoms with Gasteiger partial charge in [0.25, 0.3) is 10.0 Å². The van der Waals surface area contributed by atoms with Gasteiger partial charge in [0, 0.05) is 24.2 Å². The lowest BCUT2D eigenvalue weighted by atomic mass is 10.0. The first-order chi connectivity index (χ1) is 10.1. The molecule has 6 heteroatoms. The molecule has 2 heterocycles. The number of nitrogens with zero attached hydrogens (tertiary/aromatic N) is 1. The summed E-state index contributed by atoms with van der Waals surface area (Å²) >= 11 is 1.17. The highest BCUT2D eigenvalue weighted by atomic mass is 32.2. The van der Waals surface area contributed by atoms with Crippen molar-refractivity contribution in [3.05, 3.63) is 53.4 Å². The Balaban J connectivity index is 1.81. The van der Waals surface area contributed by atoms with Gasteiger partial charge in [-0.1, -0.05) is 36.4 Å². The Hall–Kier alpha value is -1.63. The van der Waals surface area contributed by atoms with Crippen molar-refractivity contribution in [3.8, 4) is 0 Å². The summed E-state index contributed by atoms with van der Waals surface area (Å²) in [5.41, 5.74) is 8.48. The second-order valence-electron chi connectivity index (χ2n) is 4.91. The molecule has 0 radical (unpaired) electrons. The third-order valence-corrected chi connectivity index (χ3v) is 6.80. The Morgan fingerprint density at radius 2 is 1.95 bits per heavy atom. The van der Waals surface area contributed by atoms with Gasteiger partial charge in [0.05, 0.1) is 0 Å². The molecule has 0 saturated carbocycles. The molecule has 21 heavy (non-hydrogen) atoms. The van der Waals surface area contributed by atoms with Gasteiger partial charge in [-0.05, 0) is 23.6 Å². The van der Waals surface area contributed by atoms with E-state index in [0.717, 1.165) is 12.0 Å². The fourth-order valence-electron chi connectivity index (χ4n) is 2.38. The quantitative estimate of drug-likeness (QED) is 0.946. The monoisotopic (exact) mass is 320 g/mol.